The summed E-state index contributed by atoms with van der Waals surface area (Å²) < 4.78 is 10.1. The molecule has 4 aromatic carbocycles. The largest absolute Gasteiger partial charge is 0.462 e. The van der Waals surface area contributed by atoms with Crippen molar-refractivity contribution in [2.24, 2.45) is 0 Å². The highest BCUT2D eigenvalue weighted by Gasteiger charge is 2.19. The van der Waals surface area contributed by atoms with E-state index in [2.05, 4.69) is 0 Å². The van der Waals surface area contributed by atoms with Crippen molar-refractivity contribution in [3.05, 3.63) is 155 Å². The van der Waals surface area contributed by atoms with Crippen LogP contribution in [0.5, 0.6) is 0 Å². The average Bonchev–Trinajstić information content (AvgIpc) is 3.00. The first-order valence-corrected chi connectivity index (χ1v) is 12.5. The maximum absolute atomic E-state index is 12.1. The first kappa shape index (κ1) is 28.4. The smallest absolute Gasteiger partial charge is 0.349 e. The SMILES string of the molecule is CCOC(=O)C(C#N)=C(c1ccccc1)c1ccccc1.O=C(/C=C/c1ccccc1)OCc1ccccc1. The standard InChI is InChI=1S/C18H15NO2.C16H14O2/c1-2-21-18(20)16(13-19)17(14-9-5-3-6-10-14)15-11-7-4-8-12-15;17-16(12-11-14-7-3-1-4-8-14)18-13-15-9-5-2-6-10-15/h3-12H,2H2,1H3;1-12H,13H2/b;12-11+. The fraction of sp³-hybridized carbons (Fsp3) is 0.0882. The summed E-state index contributed by atoms with van der Waals surface area (Å²) >= 11 is 0. The van der Waals surface area contributed by atoms with E-state index in [4.69, 9.17) is 9.47 Å². The quantitative estimate of drug-likeness (QED) is 0.143. The zero-order chi connectivity index (χ0) is 27.7. The van der Waals surface area contributed by atoms with Gasteiger partial charge in [-0.1, -0.05) is 121 Å². The van der Waals surface area contributed by atoms with Crippen molar-refractivity contribution in [1.29, 1.82) is 5.26 Å². The van der Waals surface area contributed by atoms with Gasteiger partial charge in [-0.05, 0) is 35.3 Å². The first-order valence-electron chi connectivity index (χ1n) is 12.5. The van der Waals surface area contributed by atoms with Crippen molar-refractivity contribution in [3.63, 3.8) is 0 Å². The maximum atomic E-state index is 12.1. The molecule has 0 saturated heterocycles. The molecule has 5 heteroatoms. The van der Waals surface area contributed by atoms with Crippen LogP contribution in [0.3, 0.4) is 0 Å². The lowest BCUT2D eigenvalue weighted by atomic mass is 9.93. The second kappa shape index (κ2) is 15.8. The van der Waals surface area contributed by atoms with E-state index < -0.39 is 5.97 Å². The number of nitrogens with zero attached hydrogens (tertiary/aromatic N) is 1. The minimum Gasteiger partial charge on any atom is -0.462 e. The third-order valence-corrected chi connectivity index (χ3v) is 5.40. The fourth-order valence-corrected chi connectivity index (χ4v) is 3.58. The van der Waals surface area contributed by atoms with E-state index in [9.17, 15) is 14.9 Å². The minimum absolute atomic E-state index is 0.0225. The number of carbonyl (C=O) groups excluding carboxylic acids is 2. The van der Waals surface area contributed by atoms with Crippen molar-refractivity contribution in [2.75, 3.05) is 6.61 Å². The molecule has 0 heterocycles. The summed E-state index contributed by atoms with van der Waals surface area (Å²) in [6, 6.07) is 40.0. The average molecular weight is 516 g/mol. The van der Waals surface area contributed by atoms with Gasteiger partial charge in [0.05, 0.1) is 6.61 Å². The van der Waals surface area contributed by atoms with Gasteiger partial charge in [-0.15, -0.1) is 0 Å². The molecule has 0 aliphatic carbocycles. The Morgan fingerprint density at radius 2 is 1.21 bits per heavy atom. The van der Waals surface area contributed by atoms with Crippen LogP contribution in [0.1, 0.15) is 29.2 Å². The molecule has 0 fully saturated rings. The Hall–Kier alpha value is -5.21. The molecule has 0 spiro atoms. The van der Waals surface area contributed by atoms with E-state index in [0.717, 1.165) is 22.3 Å². The Morgan fingerprint density at radius 3 is 1.69 bits per heavy atom. The van der Waals surface area contributed by atoms with Crippen LogP contribution in [0, 0.1) is 11.3 Å². The Bertz CT molecular complexity index is 1380. The normalized spacial score (nSPS) is 9.95. The van der Waals surface area contributed by atoms with E-state index in [1.54, 1.807) is 13.0 Å². The Labute approximate surface area is 229 Å². The highest BCUT2D eigenvalue weighted by atomic mass is 16.5. The van der Waals surface area contributed by atoms with Crippen LogP contribution in [0.2, 0.25) is 0 Å². The summed E-state index contributed by atoms with van der Waals surface area (Å²) in [6.45, 7) is 2.26. The first-order chi connectivity index (χ1) is 19.1. The second-order valence-electron chi connectivity index (χ2n) is 8.15. The molecule has 0 atom stereocenters. The summed E-state index contributed by atoms with van der Waals surface area (Å²) in [7, 11) is 0. The van der Waals surface area contributed by atoms with E-state index in [1.165, 1.54) is 6.08 Å². The van der Waals surface area contributed by atoms with E-state index in [1.807, 2.05) is 127 Å². The third kappa shape index (κ3) is 9.31. The minimum atomic E-state index is -0.595. The van der Waals surface area contributed by atoms with Gasteiger partial charge in [-0.25, -0.2) is 9.59 Å². The van der Waals surface area contributed by atoms with E-state index in [0.29, 0.717) is 12.2 Å². The van der Waals surface area contributed by atoms with Crippen LogP contribution >= 0.6 is 0 Å². The predicted octanol–water partition coefficient (Wildman–Crippen LogP) is 7.02. The van der Waals surface area contributed by atoms with Gasteiger partial charge in [0.1, 0.15) is 18.2 Å². The molecule has 0 unspecified atom stereocenters. The van der Waals surface area contributed by atoms with Crippen LogP contribution in [0.4, 0.5) is 0 Å². The van der Waals surface area contributed by atoms with Gasteiger partial charge in [0, 0.05) is 11.6 Å². The zero-order valence-corrected chi connectivity index (χ0v) is 21.7. The number of carbonyl (C=O) groups is 2. The molecule has 5 nitrogen and oxygen atoms in total. The van der Waals surface area contributed by atoms with Crippen LogP contribution < -0.4 is 0 Å². The topological polar surface area (TPSA) is 76.4 Å². The Balaban J connectivity index is 0.000000218. The molecule has 194 valence electrons. The molecular weight excluding hydrogens is 486 g/mol. The highest BCUT2D eigenvalue weighted by molar-refractivity contribution is 6.05. The molecule has 39 heavy (non-hydrogen) atoms. The molecule has 0 N–H and O–H groups in total. The highest BCUT2D eigenvalue weighted by Crippen LogP contribution is 2.27. The molecule has 0 aromatic heterocycles. The molecule has 0 amide bonds. The molecule has 0 saturated carbocycles. The molecule has 4 aromatic rings. The monoisotopic (exact) mass is 515 g/mol. The lowest BCUT2D eigenvalue weighted by Crippen LogP contribution is -2.09. The number of hydrogen-bond acceptors (Lipinski definition) is 5. The second-order valence-corrected chi connectivity index (χ2v) is 8.15. The van der Waals surface area contributed by atoms with Crippen molar-refractivity contribution in [2.45, 2.75) is 13.5 Å². The van der Waals surface area contributed by atoms with Gasteiger partial charge < -0.3 is 9.47 Å². The number of ether oxygens (including phenoxy) is 2. The molecule has 4 rings (SSSR count). The van der Waals surface area contributed by atoms with Gasteiger partial charge in [-0.3, -0.25) is 0 Å². The maximum Gasteiger partial charge on any atom is 0.349 e. The van der Waals surface area contributed by atoms with Gasteiger partial charge in [-0.2, -0.15) is 5.26 Å². The summed E-state index contributed by atoms with van der Waals surface area (Å²) in [5.41, 5.74) is 4.21. The fourth-order valence-electron chi connectivity index (χ4n) is 3.58. The lowest BCUT2D eigenvalue weighted by molar-refractivity contribution is -0.139. The Kier molecular flexibility index (Phi) is 11.5. The van der Waals surface area contributed by atoms with Crippen LogP contribution in [-0.4, -0.2) is 18.5 Å². The number of nitriles is 1. The molecule has 0 bridgehead atoms. The van der Waals surface area contributed by atoms with Crippen LogP contribution in [0.15, 0.2) is 133 Å². The van der Waals surface area contributed by atoms with Crippen molar-refractivity contribution >= 4 is 23.6 Å². The predicted molar refractivity (Wildman–Crippen MR) is 153 cm³/mol. The van der Waals surface area contributed by atoms with Crippen molar-refractivity contribution in [1.82, 2.24) is 0 Å². The number of hydrogen-bond donors (Lipinski definition) is 0. The summed E-state index contributed by atoms with van der Waals surface area (Å²) in [5, 5.41) is 9.41. The van der Waals surface area contributed by atoms with Gasteiger partial charge in [0.25, 0.3) is 0 Å². The molecule has 0 radical (unpaired) electrons. The molecular formula is C34H29NO4. The number of rotatable bonds is 8. The van der Waals surface area contributed by atoms with Crippen LogP contribution in [0.25, 0.3) is 11.6 Å². The number of esters is 2. The number of benzene rings is 4. The summed E-state index contributed by atoms with van der Waals surface area (Å²) in [5.74, 6) is -0.926. The van der Waals surface area contributed by atoms with E-state index in [-0.39, 0.29) is 18.1 Å². The molecule has 0 aliphatic rings. The Morgan fingerprint density at radius 1 is 0.718 bits per heavy atom. The molecule has 0 aliphatic heterocycles. The van der Waals surface area contributed by atoms with Crippen molar-refractivity contribution in [3.8, 4) is 6.07 Å². The van der Waals surface area contributed by atoms with E-state index >= 15 is 0 Å². The third-order valence-electron chi connectivity index (χ3n) is 5.40. The van der Waals surface area contributed by atoms with Crippen LogP contribution in [-0.2, 0) is 25.7 Å². The van der Waals surface area contributed by atoms with Gasteiger partial charge >= 0.3 is 11.9 Å². The lowest BCUT2D eigenvalue weighted by Gasteiger charge is -2.11. The van der Waals surface area contributed by atoms with Crippen molar-refractivity contribution < 1.29 is 19.1 Å². The van der Waals surface area contributed by atoms with Gasteiger partial charge in [0.15, 0.2) is 0 Å². The zero-order valence-electron chi connectivity index (χ0n) is 21.7. The van der Waals surface area contributed by atoms with Gasteiger partial charge in [0.2, 0.25) is 0 Å². The summed E-state index contributed by atoms with van der Waals surface area (Å²) in [6.07, 6.45) is 3.19. The summed E-state index contributed by atoms with van der Waals surface area (Å²) in [4.78, 5) is 23.5.